The van der Waals surface area contributed by atoms with Crippen molar-refractivity contribution in [2.75, 3.05) is 0 Å². The Morgan fingerprint density at radius 2 is 2.18 bits per heavy atom. The number of hydrogen-bond acceptors (Lipinski definition) is 2. The predicted molar refractivity (Wildman–Crippen MR) is 66.3 cm³/mol. The Balaban J connectivity index is 1.91. The van der Waals surface area contributed by atoms with Crippen LogP contribution in [0.25, 0.3) is 0 Å². The molecular weight excluding hydrogens is 214 g/mol. The lowest BCUT2D eigenvalue weighted by molar-refractivity contribution is 0.249. The molecule has 4 nitrogen and oxygen atoms in total. The molecule has 0 aliphatic heterocycles. The summed E-state index contributed by atoms with van der Waals surface area (Å²) < 4.78 is 0. The van der Waals surface area contributed by atoms with Crippen LogP contribution in [0.5, 0.6) is 0 Å². The molecule has 3 N–H and O–H groups in total. The number of nitrogens with one attached hydrogen (secondary N) is 1. The third-order valence-electron chi connectivity index (χ3n) is 4.58. The lowest BCUT2D eigenvalue weighted by Crippen LogP contribution is -2.30. The van der Waals surface area contributed by atoms with Crippen molar-refractivity contribution in [2.24, 2.45) is 34.5 Å². The Hall–Kier alpha value is -1.32. The first-order chi connectivity index (χ1) is 8.25. The average molecular weight is 233 g/mol. The smallest absolute Gasteiger partial charge is 0.332 e. The molecule has 0 unspecified atom stereocenters. The molecule has 0 aromatic heterocycles. The second-order valence-electron chi connectivity index (χ2n) is 5.45. The first kappa shape index (κ1) is 10.8. The summed E-state index contributed by atoms with van der Waals surface area (Å²) in [6.45, 7) is 0. The predicted octanol–water partition coefficient (Wildman–Crippen LogP) is 2.02. The number of carbonyl (C=O) groups is 1. The highest BCUT2D eigenvalue weighted by Crippen LogP contribution is 2.47. The summed E-state index contributed by atoms with van der Waals surface area (Å²) in [6, 6.07) is -0.560. The number of urea groups is 1. The minimum atomic E-state index is -0.560. The normalized spacial score (nSPS) is 41.3. The molecule has 0 aromatic carbocycles. The summed E-state index contributed by atoms with van der Waals surface area (Å²) in [7, 11) is 0. The molecule has 2 fully saturated rings. The fourth-order valence-electron chi connectivity index (χ4n) is 3.87. The Kier molecular flexibility index (Phi) is 2.65. The van der Waals surface area contributed by atoms with Crippen molar-refractivity contribution in [2.45, 2.75) is 32.1 Å². The molecule has 0 radical (unpaired) electrons. The van der Waals surface area contributed by atoms with Gasteiger partial charge in [0.15, 0.2) is 0 Å². The van der Waals surface area contributed by atoms with Crippen molar-refractivity contribution in [1.82, 2.24) is 5.43 Å². The summed E-state index contributed by atoms with van der Waals surface area (Å²) in [4.78, 5) is 10.8. The van der Waals surface area contributed by atoms with Gasteiger partial charge in [-0.2, -0.15) is 5.10 Å². The minimum absolute atomic E-state index is 0.422. The van der Waals surface area contributed by atoms with Gasteiger partial charge < -0.3 is 5.73 Å². The van der Waals surface area contributed by atoms with E-state index in [-0.39, 0.29) is 0 Å². The van der Waals surface area contributed by atoms with E-state index in [9.17, 15) is 4.79 Å². The van der Waals surface area contributed by atoms with Gasteiger partial charge in [-0.1, -0.05) is 18.6 Å². The molecule has 0 saturated heterocycles. The Labute approximate surface area is 101 Å². The third-order valence-corrected chi connectivity index (χ3v) is 4.58. The van der Waals surface area contributed by atoms with Gasteiger partial charge in [0.05, 0.1) is 0 Å². The van der Waals surface area contributed by atoms with E-state index in [0.717, 1.165) is 11.8 Å². The Morgan fingerprint density at radius 1 is 1.29 bits per heavy atom. The number of carbonyl (C=O) groups excluding carboxylic acids is 1. The number of nitrogens with two attached hydrogens (primary N) is 1. The third kappa shape index (κ3) is 1.85. The highest BCUT2D eigenvalue weighted by Gasteiger charge is 2.42. The Bertz CT molecular complexity index is 388. The van der Waals surface area contributed by atoms with Crippen LogP contribution in [0, 0.1) is 23.7 Å². The second-order valence-corrected chi connectivity index (χ2v) is 5.45. The maximum absolute atomic E-state index is 10.8. The van der Waals surface area contributed by atoms with Crippen LogP contribution in [-0.2, 0) is 0 Å². The van der Waals surface area contributed by atoms with Crippen LogP contribution in [0.15, 0.2) is 17.3 Å². The summed E-state index contributed by atoms with van der Waals surface area (Å²) in [5, 5.41) is 4.31. The van der Waals surface area contributed by atoms with Crippen molar-refractivity contribution >= 4 is 11.7 Å². The van der Waals surface area contributed by atoms with E-state index in [1.54, 1.807) is 0 Å². The van der Waals surface area contributed by atoms with Crippen molar-refractivity contribution in [1.29, 1.82) is 0 Å². The molecule has 0 spiro atoms. The summed E-state index contributed by atoms with van der Waals surface area (Å²) >= 11 is 0. The molecule has 2 amide bonds. The number of allylic oxidation sites excluding steroid dienone is 2. The fraction of sp³-hybridized carbons (Fsp3) is 0.692. The SMILES string of the molecule is NC(=O)N/N=C1\[C@H]2C=C[C@@H](CC2)[C@H]2CCC[C@@H]12. The maximum atomic E-state index is 10.8. The standard InChI is InChI=1S/C13H19N3O/c14-13(17)16-15-12-9-6-4-8(5-7-9)10-2-1-3-11(10)12/h4,6,8-11H,1-3,5,7H2,(H3,14,16,17)/b15-12+/t8-,9-,10+,11+/m0/s1. The molecule has 2 saturated carbocycles. The first-order valence-electron chi connectivity index (χ1n) is 6.57. The van der Waals surface area contributed by atoms with Crippen LogP contribution in [0.3, 0.4) is 0 Å². The van der Waals surface area contributed by atoms with E-state index in [4.69, 9.17) is 5.73 Å². The average Bonchev–Trinajstić information content (AvgIpc) is 2.70. The van der Waals surface area contributed by atoms with E-state index in [1.807, 2.05) is 0 Å². The van der Waals surface area contributed by atoms with Crippen molar-refractivity contribution in [3.8, 4) is 0 Å². The van der Waals surface area contributed by atoms with Crippen LogP contribution in [0.1, 0.15) is 32.1 Å². The van der Waals surface area contributed by atoms with Gasteiger partial charge in [0.1, 0.15) is 0 Å². The minimum Gasteiger partial charge on any atom is -0.350 e. The van der Waals surface area contributed by atoms with Gasteiger partial charge in [0, 0.05) is 17.5 Å². The van der Waals surface area contributed by atoms with Gasteiger partial charge in [-0.3, -0.25) is 0 Å². The highest BCUT2D eigenvalue weighted by molar-refractivity contribution is 5.92. The molecule has 17 heavy (non-hydrogen) atoms. The number of hydrazone groups is 1. The van der Waals surface area contributed by atoms with Gasteiger partial charge in [-0.25, -0.2) is 10.2 Å². The molecule has 0 aromatic rings. The topological polar surface area (TPSA) is 67.5 Å². The van der Waals surface area contributed by atoms with Crippen molar-refractivity contribution in [3.63, 3.8) is 0 Å². The monoisotopic (exact) mass is 233 g/mol. The molecule has 4 heteroatoms. The quantitative estimate of drug-likeness (QED) is 0.528. The molecule has 4 aliphatic rings. The maximum Gasteiger partial charge on any atom is 0.332 e. The van der Waals surface area contributed by atoms with Gasteiger partial charge in [0.2, 0.25) is 0 Å². The molecule has 4 atom stereocenters. The fourth-order valence-corrected chi connectivity index (χ4v) is 3.87. The summed E-state index contributed by atoms with van der Waals surface area (Å²) in [6.07, 6.45) is 10.9. The molecule has 92 valence electrons. The molecular formula is C13H19N3O. The van der Waals surface area contributed by atoms with E-state index in [0.29, 0.717) is 11.8 Å². The molecule has 4 aliphatic carbocycles. The second kappa shape index (κ2) is 4.17. The van der Waals surface area contributed by atoms with E-state index in [2.05, 4.69) is 22.7 Å². The lowest BCUT2D eigenvalue weighted by atomic mass is 9.83. The lowest BCUT2D eigenvalue weighted by Gasteiger charge is -2.22. The zero-order valence-corrected chi connectivity index (χ0v) is 9.93. The van der Waals surface area contributed by atoms with Crippen LogP contribution in [-0.4, -0.2) is 11.7 Å². The number of amides is 2. The van der Waals surface area contributed by atoms with Gasteiger partial charge in [-0.15, -0.1) is 0 Å². The molecule has 2 bridgehead atoms. The molecule has 0 heterocycles. The van der Waals surface area contributed by atoms with Crippen LogP contribution in [0.4, 0.5) is 4.79 Å². The van der Waals surface area contributed by atoms with Gasteiger partial charge in [0.25, 0.3) is 0 Å². The van der Waals surface area contributed by atoms with Gasteiger partial charge >= 0.3 is 6.03 Å². The van der Waals surface area contributed by atoms with Crippen LogP contribution >= 0.6 is 0 Å². The van der Waals surface area contributed by atoms with Crippen molar-refractivity contribution in [3.05, 3.63) is 12.2 Å². The van der Waals surface area contributed by atoms with Crippen molar-refractivity contribution < 1.29 is 4.79 Å². The van der Waals surface area contributed by atoms with Gasteiger partial charge in [-0.05, 0) is 37.5 Å². The first-order valence-corrected chi connectivity index (χ1v) is 6.57. The van der Waals surface area contributed by atoms with E-state index >= 15 is 0 Å². The number of primary amides is 1. The summed E-state index contributed by atoms with van der Waals surface area (Å²) in [5.74, 6) is 2.47. The Morgan fingerprint density at radius 3 is 2.88 bits per heavy atom. The molecule has 4 rings (SSSR count). The number of rotatable bonds is 1. The largest absolute Gasteiger partial charge is 0.350 e. The zero-order chi connectivity index (χ0) is 11.8. The van der Waals surface area contributed by atoms with E-state index in [1.165, 1.54) is 37.8 Å². The zero-order valence-electron chi connectivity index (χ0n) is 9.93. The summed E-state index contributed by atoms with van der Waals surface area (Å²) in [5.41, 5.74) is 8.71. The number of nitrogens with zero attached hydrogens (tertiary/aromatic N) is 1. The highest BCUT2D eigenvalue weighted by atomic mass is 16.2. The van der Waals surface area contributed by atoms with Crippen LogP contribution < -0.4 is 11.2 Å². The van der Waals surface area contributed by atoms with Crippen LogP contribution in [0.2, 0.25) is 0 Å². The van der Waals surface area contributed by atoms with E-state index < -0.39 is 6.03 Å². The number of hydrogen-bond donors (Lipinski definition) is 2. The number of fused-ring (bicyclic) bond motifs is 1.